The minimum Gasteiger partial charge on any atom is -0.384 e. The van der Waals surface area contributed by atoms with Crippen LogP contribution in [-0.4, -0.2) is 26.4 Å². The molecule has 0 aromatic rings. The van der Waals surface area contributed by atoms with Gasteiger partial charge >= 0.3 is 0 Å². The molecule has 0 fully saturated rings. The Morgan fingerprint density at radius 1 is 1.06 bits per heavy atom. The summed E-state index contributed by atoms with van der Waals surface area (Å²) in [5.41, 5.74) is -0.0565. The van der Waals surface area contributed by atoms with Crippen molar-refractivity contribution in [3.05, 3.63) is 0 Å². The molecule has 0 aliphatic heterocycles. The van der Waals surface area contributed by atoms with Crippen LogP contribution in [0.4, 0.5) is 0 Å². The Kier molecular flexibility index (Phi) is 8.06. The molecule has 0 saturated heterocycles. The van der Waals surface area contributed by atoms with Gasteiger partial charge in [0.25, 0.3) is 0 Å². The minimum absolute atomic E-state index is 0.0565. The van der Waals surface area contributed by atoms with E-state index < -0.39 is 0 Å². The van der Waals surface area contributed by atoms with Crippen molar-refractivity contribution >= 4 is 0 Å². The lowest BCUT2D eigenvalue weighted by Gasteiger charge is -2.39. The van der Waals surface area contributed by atoms with E-state index >= 15 is 0 Å². The van der Waals surface area contributed by atoms with Gasteiger partial charge < -0.3 is 9.47 Å². The largest absolute Gasteiger partial charge is 0.384 e. The predicted molar refractivity (Wildman–Crippen MR) is 74.3 cm³/mol. The first-order valence-electron chi connectivity index (χ1n) is 6.91. The summed E-state index contributed by atoms with van der Waals surface area (Å²) in [5, 5.41) is 0. The summed E-state index contributed by atoms with van der Waals surface area (Å²) < 4.78 is 11.2. The van der Waals surface area contributed by atoms with Crippen LogP contribution in [0.15, 0.2) is 0 Å². The molecule has 2 nitrogen and oxygen atoms in total. The van der Waals surface area contributed by atoms with Gasteiger partial charge in [-0.2, -0.15) is 0 Å². The molecular weight excluding hydrogens is 212 g/mol. The third-order valence-electron chi connectivity index (χ3n) is 3.86. The zero-order valence-electron chi connectivity index (χ0n) is 12.9. The van der Waals surface area contributed by atoms with E-state index in [0.717, 1.165) is 18.9 Å². The van der Waals surface area contributed by atoms with Gasteiger partial charge in [0.1, 0.15) is 0 Å². The molecule has 0 bridgehead atoms. The second-order valence-corrected chi connectivity index (χ2v) is 6.11. The monoisotopic (exact) mass is 244 g/mol. The van der Waals surface area contributed by atoms with E-state index in [-0.39, 0.29) is 5.60 Å². The van der Waals surface area contributed by atoms with E-state index in [9.17, 15) is 0 Å². The van der Waals surface area contributed by atoms with Crippen LogP contribution in [0.5, 0.6) is 0 Å². The molecule has 2 atom stereocenters. The summed E-state index contributed by atoms with van der Waals surface area (Å²) in [6.45, 7) is 12.1. The highest BCUT2D eigenvalue weighted by Gasteiger charge is 2.35. The lowest BCUT2D eigenvalue weighted by molar-refractivity contribution is -0.0885. The molecule has 0 aromatic heterocycles. The van der Waals surface area contributed by atoms with Crippen LogP contribution in [0.3, 0.4) is 0 Å². The van der Waals surface area contributed by atoms with Crippen molar-refractivity contribution in [2.24, 2.45) is 17.8 Å². The average Bonchev–Trinajstić information content (AvgIpc) is 2.24. The quantitative estimate of drug-likeness (QED) is 0.607. The van der Waals surface area contributed by atoms with Crippen LogP contribution in [-0.2, 0) is 9.47 Å². The van der Waals surface area contributed by atoms with Crippen LogP contribution < -0.4 is 0 Å². The zero-order valence-corrected chi connectivity index (χ0v) is 12.9. The standard InChI is InChI=1S/C15H32O2/c1-12(2)9-8-10-15(5,17-7)14(11-16-6)13(3)4/h12-14H,8-11H2,1-7H3. The molecule has 0 aliphatic rings. The van der Waals surface area contributed by atoms with Gasteiger partial charge in [0.05, 0.1) is 12.2 Å². The second-order valence-electron chi connectivity index (χ2n) is 6.11. The van der Waals surface area contributed by atoms with Crippen molar-refractivity contribution < 1.29 is 9.47 Å². The molecule has 0 spiro atoms. The Balaban J connectivity index is 4.48. The molecule has 0 aromatic carbocycles. The first-order valence-corrected chi connectivity index (χ1v) is 6.91. The molecule has 0 rings (SSSR count). The molecule has 0 amide bonds. The first-order chi connectivity index (χ1) is 7.87. The van der Waals surface area contributed by atoms with Crippen LogP contribution in [0, 0.1) is 17.8 Å². The summed E-state index contributed by atoms with van der Waals surface area (Å²) in [6.07, 6.45) is 3.62. The Bertz CT molecular complexity index is 189. The lowest BCUT2D eigenvalue weighted by Crippen LogP contribution is -2.42. The van der Waals surface area contributed by atoms with Gasteiger partial charge in [-0.15, -0.1) is 0 Å². The molecule has 0 N–H and O–H groups in total. The van der Waals surface area contributed by atoms with E-state index in [2.05, 4.69) is 34.6 Å². The Morgan fingerprint density at radius 2 is 1.65 bits per heavy atom. The SMILES string of the molecule is COCC(C(C)C)C(C)(CCCC(C)C)OC. The second kappa shape index (κ2) is 8.10. The van der Waals surface area contributed by atoms with Crippen molar-refractivity contribution in [1.29, 1.82) is 0 Å². The maximum atomic E-state index is 5.82. The number of hydrogen-bond donors (Lipinski definition) is 0. The van der Waals surface area contributed by atoms with Gasteiger partial charge in [-0.1, -0.05) is 40.5 Å². The molecule has 0 heterocycles. The smallest absolute Gasteiger partial charge is 0.0703 e. The third kappa shape index (κ3) is 5.87. The maximum absolute atomic E-state index is 5.82. The highest BCUT2D eigenvalue weighted by atomic mass is 16.5. The van der Waals surface area contributed by atoms with Crippen LogP contribution in [0.25, 0.3) is 0 Å². The normalized spacial score (nSPS) is 17.5. The average molecular weight is 244 g/mol. The fourth-order valence-electron chi connectivity index (χ4n) is 2.55. The zero-order chi connectivity index (χ0) is 13.5. The van der Waals surface area contributed by atoms with Gasteiger partial charge in [0, 0.05) is 20.1 Å². The number of hydrogen-bond acceptors (Lipinski definition) is 2. The molecule has 2 unspecified atom stereocenters. The van der Waals surface area contributed by atoms with Crippen molar-refractivity contribution in [3.63, 3.8) is 0 Å². The summed E-state index contributed by atoms with van der Waals surface area (Å²) in [7, 11) is 3.61. The Hall–Kier alpha value is -0.0800. The summed E-state index contributed by atoms with van der Waals surface area (Å²) in [4.78, 5) is 0. The highest BCUT2D eigenvalue weighted by molar-refractivity contribution is 4.85. The van der Waals surface area contributed by atoms with E-state index in [1.165, 1.54) is 12.8 Å². The van der Waals surface area contributed by atoms with E-state index in [0.29, 0.717) is 11.8 Å². The fraction of sp³-hybridized carbons (Fsp3) is 1.00. The van der Waals surface area contributed by atoms with Crippen molar-refractivity contribution in [1.82, 2.24) is 0 Å². The van der Waals surface area contributed by atoms with Gasteiger partial charge in [0.15, 0.2) is 0 Å². The van der Waals surface area contributed by atoms with Crippen molar-refractivity contribution in [2.75, 3.05) is 20.8 Å². The lowest BCUT2D eigenvalue weighted by atomic mass is 9.78. The molecule has 17 heavy (non-hydrogen) atoms. The molecule has 2 heteroatoms. The van der Waals surface area contributed by atoms with Gasteiger partial charge in [-0.25, -0.2) is 0 Å². The minimum atomic E-state index is -0.0565. The molecule has 104 valence electrons. The molecule has 0 radical (unpaired) electrons. The maximum Gasteiger partial charge on any atom is 0.0703 e. The van der Waals surface area contributed by atoms with Crippen molar-refractivity contribution in [2.45, 2.75) is 59.5 Å². The van der Waals surface area contributed by atoms with Gasteiger partial charge in [-0.3, -0.25) is 0 Å². The topological polar surface area (TPSA) is 18.5 Å². The van der Waals surface area contributed by atoms with Gasteiger partial charge in [0.2, 0.25) is 0 Å². The highest BCUT2D eigenvalue weighted by Crippen LogP contribution is 2.33. The van der Waals surface area contributed by atoms with Gasteiger partial charge in [-0.05, 0) is 25.2 Å². The summed E-state index contributed by atoms with van der Waals surface area (Å²) in [6, 6.07) is 0. The van der Waals surface area contributed by atoms with E-state index in [4.69, 9.17) is 9.47 Å². The molecule has 0 saturated carbocycles. The summed E-state index contributed by atoms with van der Waals surface area (Å²) >= 11 is 0. The number of rotatable bonds is 9. The van der Waals surface area contributed by atoms with E-state index in [1.54, 1.807) is 7.11 Å². The van der Waals surface area contributed by atoms with Crippen LogP contribution >= 0.6 is 0 Å². The summed E-state index contributed by atoms with van der Waals surface area (Å²) in [5.74, 6) is 1.82. The Morgan fingerprint density at radius 3 is 2.00 bits per heavy atom. The first kappa shape index (κ1) is 16.9. The third-order valence-corrected chi connectivity index (χ3v) is 3.86. The van der Waals surface area contributed by atoms with Crippen LogP contribution in [0.1, 0.15) is 53.9 Å². The molecular formula is C15H32O2. The van der Waals surface area contributed by atoms with E-state index in [1.807, 2.05) is 7.11 Å². The fourth-order valence-corrected chi connectivity index (χ4v) is 2.55. The van der Waals surface area contributed by atoms with Crippen LogP contribution in [0.2, 0.25) is 0 Å². The van der Waals surface area contributed by atoms with Crippen molar-refractivity contribution in [3.8, 4) is 0 Å². The number of ether oxygens (including phenoxy) is 2. The predicted octanol–water partition coefficient (Wildman–Crippen LogP) is 4.14. The number of methoxy groups -OCH3 is 2. The molecule has 0 aliphatic carbocycles. The Labute approximate surface area is 108 Å².